The lowest BCUT2D eigenvalue weighted by molar-refractivity contribution is -0.118. The van der Waals surface area contributed by atoms with Gasteiger partial charge in [0.15, 0.2) is 0 Å². The third-order valence-electron chi connectivity index (χ3n) is 6.13. The van der Waals surface area contributed by atoms with Crippen molar-refractivity contribution in [1.29, 1.82) is 0 Å². The van der Waals surface area contributed by atoms with Crippen molar-refractivity contribution < 1.29 is 14.3 Å². The Bertz CT molecular complexity index is 949. The summed E-state index contributed by atoms with van der Waals surface area (Å²) in [6.07, 6.45) is 6.15. The van der Waals surface area contributed by atoms with E-state index < -0.39 is 5.54 Å². The maximum absolute atomic E-state index is 13.1. The van der Waals surface area contributed by atoms with Gasteiger partial charge in [-0.25, -0.2) is 0 Å². The summed E-state index contributed by atoms with van der Waals surface area (Å²) in [6, 6.07) is 9.62. The molecule has 0 spiro atoms. The van der Waals surface area contributed by atoms with Gasteiger partial charge in [0.25, 0.3) is 5.91 Å². The van der Waals surface area contributed by atoms with Crippen molar-refractivity contribution in [2.75, 3.05) is 19.8 Å². The first-order chi connectivity index (χ1) is 14.1. The highest BCUT2D eigenvalue weighted by Gasteiger charge is 2.35. The number of aromatic nitrogens is 1. The number of carbonyl (C=O) groups is 2. The lowest BCUT2D eigenvalue weighted by Crippen LogP contribution is -2.58. The zero-order valence-electron chi connectivity index (χ0n) is 16.8. The van der Waals surface area contributed by atoms with Gasteiger partial charge in [0.1, 0.15) is 5.69 Å². The van der Waals surface area contributed by atoms with Gasteiger partial charge in [0, 0.05) is 36.9 Å². The van der Waals surface area contributed by atoms with E-state index in [1.807, 2.05) is 37.3 Å². The summed E-state index contributed by atoms with van der Waals surface area (Å²) in [7, 11) is 0. The Morgan fingerprint density at radius 2 is 1.90 bits per heavy atom. The van der Waals surface area contributed by atoms with E-state index in [4.69, 9.17) is 4.74 Å². The topological polar surface area (TPSA) is 80.3 Å². The van der Waals surface area contributed by atoms with Crippen LogP contribution in [-0.4, -0.2) is 42.1 Å². The molecule has 0 atom stereocenters. The molecule has 2 fully saturated rings. The molecule has 1 aromatic carbocycles. The first kappa shape index (κ1) is 19.6. The Balaban J connectivity index is 1.52. The number of hydrogen-bond donors (Lipinski definition) is 2. The summed E-state index contributed by atoms with van der Waals surface area (Å²) in [5, 5.41) is 8.03. The minimum atomic E-state index is -0.534. The van der Waals surface area contributed by atoms with E-state index in [0.29, 0.717) is 38.3 Å². The summed E-state index contributed by atoms with van der Waals surface area (Å²) in [5.41, 5.74) is 1.94. The fourth-order valence-electron chi connectivity index (χ4n) is 3.98. The van der Waals surface area contributed by atoms with Gasteiger partial charge in [-0.15, -0.1) is 0 Å². The van der Waals surface area contributed by atoms with Crippen molar-refractivity contribution in [1.82, 2.24) is 15.6 Å². The van der Waals surface area contributed by atoms with Crippen LogP contribution < -0.4 is 10.6 Å². The Kier molecular flexibility index (Phi) is 5.62. The molecule has 1 saturated carbocycles. The molecule has 4 rings (SSSR count). The van der Waals surface area contributed by atoms with Crippen molar-refractivity contribution >= 4 is 22.6 Å². The standard InChI is InChI=1S/C23H27N3O3/c1-16(17-6-4-7-17)21(27)25-15-23(10-13-29-14-11-23)26-22(28)20-19-8-3-2-5-18(19)9-12-24-20/h2-3,5,8-9,12H,4,6-7,10-11,13-15H2,1H3,(H,25,27)(H,26,28). The highest BCUT2D eigenvalue weighted by Crippen LogP contribution is 2.29. The van der Waals surface area contributed by atoms with Crippen LogP contribution in [0, 0.1) is 0 Å². The molecule has 2 aliphatic rings. The largest absolute Gasteiger partial charge is 0.381 e. The molecule has 2 aromatic rings. The van der Waals surface area contributed by atoms with Crippen LogP contribution in [0.15, 0.2) is 47.7 Å². The number of allylic oxidation sites excluding steroid dienone is 1. The smallest absolute Gasteiger partial charge is 0.271 e. The predicted molar refractivity (Wildman–Crippen MR) is 112 cm³/mol. The third kappa shape index (κ3) is 4.17. The van der Waals surface area contributed by atoms with Gasteiger partial charge in [-0.3, -0.25) is 14.6 Å². The number of nitrogens with zero attached hydrogens (tertiary/aromatic N) is 1. The molecule has 1 aliphatic carbocycles. The van der Waals surface area contributed by atoms with Crippen LogP contribution in [-0.2, 0) is 9.53 Å². The second-order valence-corrected chi connectivity index (χ2v) is 7.99. The number of ether oxygens (including phenoxy) is 1. The van der Waals surface area contributed by atoms with Crippen molar-refractivity contribution in [3.05, 3.63) is 53.4 Å². The SMILES string of the molecule is CC(C(=O)NCC1(NC(=O)c2nccc3ccccc23)CCOCC1)=C1CCC1. The number of carbonyl (C=O) groups excluding carboxylic acids is 2. The fraction of sp³-hybridized carbons (Fsp3) is 0.435. The van der Waals surface area contributed by atoms with E-state index in [1.165, 1.54) is 5.57 Å². The van der Waals surface area contributed by atoms with Gasteiger partial charge < -0.3 is 15.4 Å². The van der Waals surface area contributed by atoms with Crippen LogP contribution in [0.1, 0.15) is 49.5 Å². The molecule has 0 unspecified atom stereocenters. The predicted octanol–water partition coefficient (Wildman–Crippen LogP) is 3.13. The summed E-state index contributed by atoms with van der Waals surface area (Å²) in [5.74, 6) is -0.255. The summed E-state index contributed by atoms with van der Waals surface area (Å²) in [4.78, 5) is 30.0. The molecule has 29 heavy (non-hydrogen) atoms. The van der Waals surface area contributed by atoms with Gasteiger partial charge in [-0.2, -0.15) is 0 Å². The highest BCUT2D eigenvalue weighted by molar-refractivity contribution is 6.05. The molecule has 6 nitrogen and oxygen atoms in total. The first-order valence-corrected chi connectivity index (χ1v) is 10.3. The van der Waals surface area contributed by atoms with Gasteiger partial charge in [-0.05, 0) is 50.5 Å². The van der Waals surface area contributed by atoms with Crippen molar-refractivity contribution in [3.8, 4) is 0 Å². The minimum absolute atomic E-state index is 0.0388. The second kappa shape index (κ2) is 8.33. The van der Waals surface area contributed by atoms with Crippen molar-refractivity contribution in [3.63, 3.8) is 0 Å². The number of benzene rings is 1. The van der Waals surface area contributed by atoms with Gasteiger partial charge >= 0.3 is 0 Å². The lowest BCUT2D eigenvalue weighted by atomic mass is 9.87. The summed E-state index contributed by atoms with van der Waals surface area (Å²) in [6.45, 7) is 3.38. The van der Waals surface area contributed by atoms with Crippen molar-refractivity contribution in [2.24, 2.45) is 0 Å². The monoisotopic (exact) mass is 393 g/mol. The Labute approximate surface area is 170 Å². The van der Waals surface area contributed by atoms with Crippen LogP contribution in [0.3, 0.4) is 0 Å². The van der Waals surface area contributed by atoms with E-state index in [9.17, 15) is 9.59 Å². The quantitative estimate of drug-likeness (QED) is 0.765. The molecule has 152 valence electrons. The minimum Gasteiger partial charge on any atom is -0.381 e. The van der Waals surface area contributed by atoms with E-state index in [0.717, 1.165) is 35.6 Å². The third-order valence-corrected chi connectivity index (χ3v) is 6.13. The Morgan fingerprint density at radius 3 is 2.62 bits per heavy atom. The number of fused-ring (bicyclic) bond motifs is 1. The van der Waals surface area contributed by atoms with Crippen molar-refractivity contribution in [2.45, 2.75) is 44.6 Å². The maximum Gasteiger partial charge on any atom is 0.271 e. The van der Waals surface area contributed by atoms with Gasteiger partial charge in [0.2, 0.25) is 5.91 Å². The molecule has 2 N–H and O–H groups in total. The molecule has 0 bridgehead atoms. The molecule has 1 saturated heterocycles. The van der Waals surface area contributed by atoms with E-state index >= 15 is 0 Å². The Hall–Kier alpha value is -2.73. The molecule has 0 radical (unpaired) electrons. The normalized spacial score (nSPS) is 18.0. The van der Waals surface area contributed by atoms with Crippen LogP contribution in [0.5, 0.6) is 0 Å². The Morgan fingerprint density at radius 1 is 1.14 bits per heavy atom. The van der Waals surface area contributed by atoms with Crippen LogP contribution in [0.2, 0.25) is 0 Å². The average molecular weight is 393 g/mol. The lowest BCUT2D eigenvalue weighted by Gasteiger charge is -2.38. The highest BCUT2D eigenvalue weighted by atomic mass is 16.5. The number of nitrogens with one attached hydrogen (secondary N) is 2. The average Bonchev–Trinajstić information content (AvgIpc) is 2.71. The fourth-order valence-corrected chi connectivity index (χ4v) is 3.98. The molecule has 2 amide bonds. The molecular weight excluding hydrogens is 366 g/mol. The number of rotatable bonds is 5. The zero-order valence-corrected chi connectivity index (χ0v) is 16.8. The number of pyridine rings is 1. The van der Waals surface area contributed by atoms with E-state index in [-0.39, 0.29) is 11.8 Å². The number of amides is 2. The van der Waals surface area contributed by atoms with Crippen LogP contribution >= 0.6 is 0 Å². The molecule has 1 aliphatic heterocycles. The zero-order chi connectivity index (χ0) is 20.3. The summed E-state index contributed by atoms with van der Waals surface area (Å²) < 4.78 is 5.51. The summed E-state index contributed by atoms with van der Waals surface area (Å²) >= 11 is 0. The first-order valence-electron chi connectivity index (χ1n) is 10.3. The van der Waals surface area contributed by atoms with Gasteiger partial charge in [0.05, 0.1) is 5.54 Å². The second-order valence-electron chi connectivity index (χ2n) is 7.99. The van der Waals surface area contributed by atoms with E-state index in [2.05, 4.69) is 15.6 Å². The number of hydrogen-bond acceptors (Lipinski definition) is 4. The molecule has 6 heteroatoms. The van der Waals surface area contributed by atoms with Crippen LogP contribution in [0.25, 0.3) is 10.8 Å². The molecule has 2 heterocycles. The van der Waals surface area contributed by atoms with Crippen LogP contribution in [0.4, 0.5) is 0 Å². The molecule has 1 aromatic heterocycles. The van der Waals surface area contributed by atoms with E-state index in [1.54, 1.807) is 6.20 Å². The van der Waals surface area contributed by atoms with Gasteiger partial charge in [-0.1, -0.05) is 29.8 Å². The maximum atomic E-state index is 13.1. The molecular formula is C23H27N3O3.